The molecule has 1 atom stereocenters. The Morgan fingerprint density at radius 1 is 1.29 bits per heavy atom. The second-order valence-corrected chi connectivity index (χ2v) is 3.96. The van der Waals surface area contributed by atoms with Crippen LogP contribution in [0.25, 0.3) is 0 Å². The Bertz CT molecular complexity index is 470. The van der Waals surface area contributed by atoms with E-state index >= 15 is 0 Å². The van der Waals surface area contributed by atoms with Gasteiger partial charge in [-0.25, -0.2) is 0 Å². The quantitative estimate of drug-likeness (QED) is 0.588. The minimum atomic E-state index is -0.896. The number of carbonyl (C=O) groups excluding carboxylic acids is 3. The maximum atomic E-state index is 11.8. The zero-order valence-corrected chi connectivity index (χ0v) is 9.34. The maximum absolute atomic E-state index is 11.8. The molecule has 0 aliphatic carbocycles. The van der Waals surface area contributed by atoms with Crippen LogP contribution >= 0.6 is 0 Å². The number of benzene rings is 1. The number of nitrogens with one attached hydrogen (secondary N) is 1. The minimum Gasteiger partial charge on any atom is -0.338 e. The van der Waals surface area contributed by atoms with Crippen molar-refractivity contribution >= 4 is 23.3 Å². The predicted octanol–water partition coefficient (Wildman–Crippen LogP) is 0.282. The fraction of sp³-hybridized carbons (Fsp3) is 0.250. The summed E-state index contributed by atoms with van der Waals surface area (Å²) in [5, 5.41) is 2.62. The Morgan fingerprint density at radius 3 is 2.47 bits per heavy atom. The fourth-order valence-corrected chi connectivity index (χ4v) is 1.73. The molecule has 1 fully saturated rings. The summed E-state index contributed by atoms with van der Waals surface area (Å²) in [6.07, 6.45) is 0. The van der Waals surface area contributed by atoms with Gasteiger partial charge in [0.05, 0.1) is 0 Å². The molecule has 0 aromatic heterocycles. The van der Waals surface area contributed by atoms with Crippen molar-refractivity contribution in [3.05, 3.63) is 30.3 Å². The molecule has 2 amide bonds. The normalized spacial score (nSPS) is 19.6. The summed E-state index contributed by atoms with van der Waals surface area (Å²) in [7, 11) is 1.51. The highest BCUT2D eigenvalue weighted by Crippen LogP contribution is 2.15. The zero-order valence-electron chi connectivity index (χ0n) is 9.34. The van der Waals surface area contributed by atoms with Crippen LogP contribution in [-0.4, -0.2) is 36.1 Å². The van der Waals surface area contributed by atoms with Gasteiger partial charge in [0.1, 0.15) is 5.92 Å². The van der Waals surface area contributed by atoms with E-state index in [9.17, 15) is 14.4 Å². The molecule has 0 spiro atoms. The maximum Gasteiger partial charge on any atom is 0.290 e. The Morgan fingerprint density at radius 2 is 1.94 bits per heavy atom. The van der Waals surface area contributed by atoms with Crippen molar-refractivity contribution in [1.29, 1.82) is 0 Å². The van der Waals surface area contributed by atoms with E-state index in [2.05, 4.69) is 5.32 Å². The number of ketones is 1. The highest BCUT2D eigenvalue weighted by molar-refractivity contribution is 6.43. The molecule has 1 N–H and O–H groups in total. The van der Waals surface area contributed by atoms with Crippen molar-refractivity contribution < 1.29 is 14.4 Å². The van der Waals surface area contributed by atoms with E-state index in [1.807, 2.05) is 6.07 Å². The van der Waals surface area contributed by atoms with Crippen LogP contribution in [0.5, 0.6) is 0 Å². The van der Waals surface area contributed by atoms with Gasteiger partial charge in [0.15, 0.2) is 0 Å². The first-order valence-corrected chi connectivity index (χ1v) is 5.25. The molecular formula is C12H12N2O3. The first kappa shape index (κ1) is 11.3. The van der Waals surface area contributed by atoms with Gasteiger partial charge in [-0.3, -0.25) is 14.4 Å². The monoisotopic (exact) mass is 232 g/mol. The number of likely N-dealkylation sites (tertiary alicyclic amines) is 1. The Kier molecular flexibility index (Phi) is 2.91. The third-order valence-electron chi connectivity index (χ3n) is 2.69. The lowest BCUT2D eigenvalue weighted by Crippen LogP contribution is -2.29. The number of amides is 2. The largest absolute Gasteiger partial charge is 0.338 e. The second kappa shape index (κ2) is 4.37. The number of carbonyl (C=O) groups is 3. The van der Waals surface area contributed by atoms with Crippen molar-refractivity contribution in [3.8, 4) is 0 Å². The number of Topliss-reactive ketones (excluding diaryl/α,β-unsaturated/α-hetero) is 1. The third kappa shape index (κ3) is 2.18. The van der Waals surface area contributed by atoms with Gasteiger partial charge in [0.2, 0.25) is 11.7 Å². The Balaban J connectivity index is 2.07. The lowest BCUT2D eigenvalue weighted by atomic mass is 10.1. The first-order chi connectivity index (χ1) is 8.09. The topological polar surface area (TPSA) is 66.5 Å². The van der Waals surface area contributed by atoms with E-state index in [0.717, 1.165) is 0 Å². The molecule has 1 aliphatic rings. The zero-order chi connectivity index (χ0) is 12.4. The fourth-order valence-electron chi connectivity index (χ4n) is 1.73. The average molecular weight is 232 g/mol. The van der Waals surface area contributed by atoms with Crippen LogP contribution in [-0.2, 0) is 14.4 Å². The number of hydrogen-bond donors (Lipinski definition) is 1. The molecule has 1 saturated heterocycles. The highest BCUT2D eigenvalue weighted by Gasteiger charge is 2.41. The molecule has 1 aromatic rings. The van der Waals surface area contributed by atoms with Crippen molar-refractivity contribution in [3.63, 3.8) is 0 Å². The molecule has 0 radical (unpaired) electrons. The number of anilines is 1. The van der Waals surface area contributed by atoms with Gasteiger partial charge >= 0.3 is 0 Å². The molecule has 88 valence electrons. The van der Waals surface area contributed by atoms with E-state index in [0.29, 0.717) is 5.69 Å². The number of nitrogens with zero attached hydrogens (tertiary/aromatic N) is 1. The standard InChI is InChI=1S/C12H12N2O3/c1-14-7-9(10(15)12(14)17)11(16)13-8-5-3-2-4-6-8/h2-6,9H,7H2,1H3,(H,13,16). The smallest absolute Gasteiger partial charge is 0.290 e. The van der Waals surface area contributed by atoms with Crippen molar-refractivity contribution in [1.82, 2.24) is 4.90 Å². The van der Waals surface area contributed by atoms with E-state index in [-0.39, 0.29) is 6.54 Å². The molecule has 1 aromatic carbocycles. The molecule has 0 saturated carbocycles. The Labute approximate surface area is 98.4 Å². The Hall–Kier alpha value is -2.17. The number of hydrogen-bond acceptors (Lipinski definition) is 3. The van der Waals surface area contributed by atoms with Crippen LogP contribution in [0.4, 0.5) is 5.69 Å². The van der Waals surface area contributed by atoms with Crippen molar-refractivity contribution in [2.45, 2.75) is 0 Å². The SMILES string of the molecule is CN1CC(C(=O)Nc2ccccc2)C(=O)C1=O. The van der Waals surface area contributed by atoms with E-state index in [1.165, 1.54) is 11.9 Å². The number of rotatable bonds is 2. The summed E-state index contributed by atoms with van der Waals surface area (Å²) in [4.78, 5) is 35.8. The summed E-state index contributed by atoms with van der Waals surface area (Å²) >= 11 is 0. The van der Waals surface area contributed by atoms with Crippen molar-refractivity contribution in [2.75, 3.05) is 18.9 Å². The second-order valence-electron chi connectivity index (χ2n) is 3.96. The summed E-state index contributed by atoms with van der Waals surface area (Å²) in [5.41, 5.74) is 0.618. The van der Waals surface area contributed by atoms with Crippen LogP contribution in [0.15, 0.2) is 30.3 Å². The van der Waals surface area contributed by atoms with Crippen LogP contribution in [0.3, 0.4) is 0 Å². The molecule has 1 heterocycles. The van der Waals surface area contributed by atoms with Gasteiger partial charge in [0.25, 0.3) is 5.91 Å². The molecule has 5 heteroatoms. The number of para-hydroxylation sites is 1. The van der Waals surface area contributed by atoms with Crippen molar-refractivity contribution in [2.24, 2.45) is 5.92 Å². The average Bonchev–Trinajstić information content (AvgIpc) is 2.58. The van der Waals surface area contributed by atoms with Gasteiger partial charge in [-0.05, 0) is 12.1 Å². The molecular weight excluding hydrogens is 220 g/mol. The van der Waals surface area contributed by atoms with Crippen LogP contribution in [0, 0.1) is 5.92 Å². The van der Waals surface area contributed by atoms with Crippen LogP contribution < -0.4 is 5.32 Å². The molecule has 1 aliphatic heterocycles. The van der Waals surface area contributed by atoms with E-state index in [4.69, 9.17) is 0 Å². The summed E-state index contributed by atoms with van der Waals surface area (Å²) < 4.78 is 0. The molecule has 17 heavy (non-hydrogen) atoms. The molecule has 1 unspecified atom stereocenters. The summed E-state index contributed by atoms with van der Waals surface area (Å²) in [6.45, 7) is 0.149. The van der Waals surface area contributed by atoms with E-state index in [1.54, 1.807) is 24.3 Å². The van der Waals surface area contributed by atoms with Gasteiger partial charge in [-0.1, -0.05) is 18.2 Å². The molecule has 2 rings (SSSR count). The van der Waals surface area contributed by atoms with Gasteiger partial charge in [0, 0.05) is 19.3 Å². The lowest BCUT2D eigenvalue weighted by Gasteiger charge is -2.09. The summed E-state index contributed by atoms with van der Waals surface area (Å²) in [6, 6.07) is 8.84. The van der Waals surface area contributed by atoms with Gasteiger partial charge in [-0.2, -0.15) is 0 Å². The summed E-state index contributed by atoms with van der Waals surface area (Å²) in [5.74, 6) is -2.56. The number of likely N-dealkylation sites (N-methyl/N-ethyl adjacent to an activating group) is 1. The molecule has 0 bridgehead atoms. The van der Waals surface area contributed by atoms with E-state index < -0.39 is 23.5 Å². The third-order valence-corrected chi connectivity index (χ3v) is 2.69. The molecule has 5 nitrogen and oxygen atoms in total. The van der Waals surface area contributed by atoms with Crippen LogP contribution in [0.1, 0.15) is 0 Å². The highest BCUT2D eigenvalue weighted by atomic mass is 16.2. The predicted molar refractivity (Wildman–Crippen MR) is 61.2 cm³/mol. The lowest BCUT2D eigenvalue weighted by molar-refractivity contribution is -0.141. The van der Waals surface area contributed by atoms with Crippen LogP contribution in [0.2, 0.25) is 0 Å². The first-order valence-electron chi connectivity index (χ1n) is 5.25. The minimum absolute atomic E-state index is 0.149. The van der Waals surface area contributed by atoms with Gasteiger partial charge in [-0.15, -0.1) is 0 Å². The van der Waals surface area contributed by atoms with Gasteiger partial charge < -0.3 is 10.2 Å².